The van der Waals surface area contributed by atoms with Gasteiger partial charge in [0.05, 0.1) is 11.1 Å². The summed E-state index contributed by atoms with van der Waals surface area (Å²) in [4.78, 5) is 24.3. The first kappa shape index (κ1) is 18.6. The van der Waals surface area contributed by atoms with Crippen LogP contribution < -0.4 is 0 Å². The van der Waals surface area contributed by atoms with E-state index in [0.29, 0.717) is 20.1 Å². The molecule has 6 heteroatoms. The van der Waals surface area contributed by atoms with Gasteiger partial charge in [0.2, 0.25) is 0 Å². The Hall–Kier alpha value is -1.40. The van der Waals surface area contributed by atoms with Crippen molar-refractivity contribution in [2.24, 2.45) is 0 Å². The van der Waals surface area contributed by atoms with Crippen LogP contribution in [0.2, 0.25) is 0 Å². The second-order valence-electron chi connectivity index (χ2n) is 4.88. The van der Waals surface area contributed by atoms with E-state index in [1.54, 1.807) is 13.8 Å². The predicted octanol–water partition coefficient (Wildman–Crippen LogP) is 4.68. The van der Waals surface area contributed by atoms with Gasteiger partial charge in [0.1, 0.15) is 13.2 Å². The Balaban J connectivity index is 3.11. The largest absolute Gasteiger partial charge is 0.458 e. The highest BCUT2D eigenvalue weighted by Crippen LogP contribution is 2.28. The summed E-state index contributed by atoms with van der Waals surface area (Å²) in [5.74, 6) is -1.23. The summed E-state index contributed by atoms with van der Waals surface area (Å²) in [5.41, 5.74) is 1.66. The lowest BCUT2D eigenvalue weighted by Gasteiger charge is -2.11. The molecule has 0 saturated heterocycles. The maximum absolute atomic E-state index is 12.2. The fourth-order valence-electron chi connectivity index (χ4n) is 1.42. The third-order valence-electron chi connectivity index (χ3n) is 2.40. The van der Waals surface area contributed by atoms with Crippen LogP contribution >= 0.6 is 31.9 Å². The van der Waals surface area contributed by atoms with Crippen LogP contribution in [-0.2, 0) is 9.47 Å². The van der Waals surface area contributed by atoms with Crippen LogP contribution in [0.5, 0.6) is 0 Å². The molecule has 1 aromatic rings. The van der Waals surface area contributed by atoms with E-state index >= 15 is 0 Å². The first-order chi connectivity index (χ1) is 10.2. The molecule has 1 rings (SSSR count). The Kier molecular flexibility index (Phi) is 7.03. The summed E-state index contributed by atoms with van der Waals surface area (Å²) in [6.45, 7) is 11.0. The fourth-order valence-corrected chi connectivity index (χ4v) is 2.10. The van der Waals surface area contributed by atoms with E-state index in [9.17, 15) is 9.59 Å². The Morgan fingerprint density at radius 1 is 0.909 bits per heavy atom. The molecule has 0 radical (unpaired) electrons. The number of ether oxygens (including phenoxy) is 2. The van der Waals surface area contributed by atoms with Crippen molar-refractivity contribution in [1.29, 1.82) is 0 Å². The van der Waals surface area contributed by atoms with Crippen molar-refractivity contribution in [1.82, 2.24) is 0 Å². The minimum atomic E-state index is -0.613. The van der Waals surface area contributed by atoms with Gasteiger partial charge in [-0.3, -0.25) is 0 Å². The summed E-state index contributed by atoms with van der Waals surface area (Å²) in [5, 5.41) is 0. The van der Waals surface area contributed by atoms with Crippen molar-refractivity contribution in [2.75, 3.05) is 13.2 Å². The van der Waals surface area contributed by atoms with E-state index in [0.717, 1.165) is 0 Å². The van der Waals surface area contributed by atoms with Gasteiger partial charge in [-0.25, -0.2) is 9.59 Å². The van der Waals surface area contributed by atoms with Gasteiger partial charge in [-0.1, -0.05) is 13.2 Å². The van der Waals surface area contributed by atoms with Gasteiger partial charge in [0, 0.05) is 8.95 Å². The molecule has 0 atom stereocenters. The van der Waals surface area contributed by atoms with Crippen LogP contribution in [0.1, 0.15) is 34.6 Å². The highest BCUT2D eigenvalue weighted by atomic mass is 79.9. The molecule has 0 saturated carbocycles. The van der Waals surface area contributed by atoms with Gasteiger partial charge in [-0.05, 0) is 69.0 Å². The van der Waals surface area contributed by atoms with Gasteiger partial charge < -0.3 is 9.47 Å². The zero-order chi connectivity index (χ0) is 16.9. The number of rotatable bonds is 6. The van der Waals surface area contributed by atoms with E-state index in [1.165, 1.54) is 12.1 Å². The topological polar surface area (TPSA) is 52.6 Å². The van der Waals surface area contributed by atoms with Crippen LogP contribution in [0.3, 0.4) is 0 Å². The molecule has 0 bridgehead atoms. The smallest absolute Gasteiger partial charge is 0.339 e. The molecule has 0 spiro atoms. The monoisotopic (exact) mass is 430 g/mol. The molecule has 0 N–H and O–H groups in total. The van der Waals surface area contributed by atoms with Gasteiger partial charge in [-0.2, -0.15) is 0 Å². The van der Waals surface area contributed by atoms with Gasteiger partial charge in [-0.15, -0.1) is 0 Å². The standard InChI is InChI=1S/C16H16Br2O4/c1-9(2)7-21-15(19)11-5-13(17)14(18)6-12(11)16(20)22-8-10(3)4/h5-6H,1,3,7-8H2,2,4H3. The maximum atomic E-state index is 12.2. The molecule has 0 aliphatic rings. The van der Waals surface area contributed by atoms with Crippen molar-refractivity contribution >= 4 is 43.8 Å². The molecule has 1 aromatic carbocycles. The van der Waals surface area contributed by atoms with Gasteiger partial charge in [0.15, 0.2) is 0 Å². The van der Waals surface area contributed by atoms with Crippen molar-refractivity contribution < 1.29 is 19.1 Å². The highest BCUT2D eigenvalue weighted by Gasteiger charge is 2.21. The Bertz CT molecular complexity index is 580. The molecule has 0 aromatic heterocycles. The third kappa shape index (κ3) is 5.42. The molecule has 0 fully saturated rings. The number of esters is 2. The normalized spacial score (nSPS) is 10.0. The average Bonchev–Trinajstić information content (AvgIpc) is 2.44. The second kappa shape index (κ2) is 8.29. The quantitative estimate of drug-likeness (QED) is 0.484. The Labute approximate surface area is 146 Å². The van der Waals surface area contributed by atoms with E-state index in [4.69, 9.17) is 9.47 Å². The Morgan fingerprint density at radius 2 is 1.23 bits per heavy atom. The van der Waals surface area contributed by atoms with Crippen LogP contribution in [0.25, 0.3) is 0 Å². The number of halogens is 2. The van der Waals surface area contributed by atoms with E-state index in [2.05, 4.69) is 45.0 Å². The summed E-state index contributed by atoms with van der Waals surface area (Å²) >= 11 is 6.60. The molecule has 0 heterocycles. The van der Waals surface area contributed by atoms with E-state index in [-0.39, 0.29) is 24.3 Å². The first-order valence-electron chi connectivity index (χ1n) is 6.34. The first-order valence-corrected chi connectivity index (χ1v) is 7.93. The lowest BCUT2D eigenvalue weighted by atomic mass is 10.1. The zero-order valence-electron chi connectivity index (χ0n) is 12.4. The predicted molar refractivity (Wildman–Crippen MR) is 92.0 cm³/mol. The van der Waals surface area contributed by atoms with Crippen LogP contribution in [-0.4, -0.2) is 25.2 Å². The molecule has 0 amide bonds. The fraction of sp³-hybridized carbons (Fsp3) is 0.250. The van der Waals surface area contributed by atoms with Crippen molar-refractivity contribution in [3.8, 4) is 0 Å². The molecule has 0 aliphatic carbocycles. The summed E-state index contributed by atoms with van der Waals surface area (Å²) in [6, 6.07) is 3.03. The van der Waals surface area contributed by atoms with Gasteiger partial charge in [0.25, 0.3) is 0 Å². The zero-order valence-corrected chi connectivity index (χ0v) is 15.5. The number of carbonyl (C=O) groups excluding carboxylic acids is 2. The molecule has 0 unspecified atom stereocenters. The number of carbonyl (C=O) groups is 2. The molecular weight excluding hydrogens is 416 g/mol. The van der Waals surface area contributed by atoms with Crippen LogP contribution in [0.4, 0.5) is 0 Å². The highest BCUT2D eigenvalue weighted by molar-refractivity contribution is 9.13. The number of hydrogen-bond donors (Lipinski definition) is 0. The molecular formula is C16H16Br2O4. The second-order valence-corrected chi connectivity index (χ2v) is 6.59. The van der Waals surface area contributed by atoms with Gasteiger partial charge >= 0.3 is 11.9 Å². The minimum Gasteiger partial charge on any atom is -0.458 e. The van der Waals surface area contributed by atoms with Crippen LogP contribution in [0.15, 0.2) is 45.4 Å². The minimum absolute atomic E-state index is 0.0900. The third-order valence-corrected chi connectivity index (χ3v) is 4.24. The lowest BCUT2D eigenvalue weighted by molar-refractivity contribution is 0.0493. The summed E-state index contributed by atoms with van der Waals surface area (Å²) in [6.07, 6.45) is 0. The van der Waals surface area contributed by atoms with Crippen molar-refractivity contribution in [2.45, 2.75) is 13.8 Å². The molecule has 4 nitrogen and oxygen atoms in total. The SMILES string of the molecule is C=C(C)COC(=O)c1cc(Br)c(Br)cc1C(=O)OCC(=C)C. The number of benzene rings is 1. The number of hydrogen-bond acceptors (Lipinski definition) is 4. The maximum Gasteiger partial charge on any atom is 0.339 e. The Morgan fingerprint density at radius 3 is 1.50 bits per heavy atom. The summed E-state index contributed by atoms with van der Waals surface area (Å²) < 4.78 is 11.5. The molecule has 118 valence electrons. The summed E-state index contributed by atoms with van der Waals surface area (Å²) in [7, 11) is 0. The van der Waals surface area contributed by atoms with Crippen molar-refractivity contribution in [3.63, 3.8) is 0 Å². The molecule has 0 aliphatic heterocycles. The van der Waals surface area contributed by atoms with Crippen LogP contribution in [0, 0.1) is 0 Å². The average molecular weight is 432 g/mol. The van der Waals surface area contributed by atoms with E-state index in [1.807, 2.05) is 0 Å². The van der Waals surface area contributed by atoms with E-state index < -0.39 is 11.9 Å². The lowest BCUT2D eigenvalue weighted by Crippen LogP contribution is -2.15. The van der Waals surface area contributed by atoms with Crippen molar-refractivity contribution in [3.05, 3.63) is 56.5 Å². The molecule has 22 heavy (non-hydrogen) atoms.